The van der Waals surface area contributed by atoms with Gasteiger partial charge in [0.2, 0.25) is 0 Å². The van der Waals surface area contributed by atoms with E-state index in [1.54, 1.807) is 36.4 Å². The SMILES string of the molecule is CCNC(=NCc1ccc(S(C)(=O)=O)cc1)NCCc1ccc(F)cc1. The Morgan fingerprint density at radius 2 is 1.62 bits per heavy atom. The number of hydrogen-bond acceptors (Lipinski definition) is 3. The molecule has 0 heterocycles. The van der Waals surface area contributed by atoms with Crippen molar-refractivity contribution in [1.82, 2.24) is 10.6 Å². The van der Waals surface area contributed by atoms with E-state index in [2.05, 4.69) is 15.6 Å². The van der Waals surface area contributed by atoms with E-state index in [-0.39, 0.29) is 5.82 Å². The monoisotopic (exact) mass is 377 g/mol. The number of hydrogen-bond donors (Lipinski definition) is 2. The van der Waals surface area contributed by atoms with Gasteiger partial charge in [-0.1, -0.05) is 24.3 Å². The molecule has 0 radical (unpaired) electrons. The van der Waals surface area contributed by atoms with E-state index in [0.29, 0.717) is 23.9 Å². The highest BCUT2D eigenvalue weighted by atomic mass is 32.2. The third kappa shape index (κ3) is 6.48. The average Bonchev–Trinajstić information content (AvgIpc) is 2.61. The lowest BCUT2D eigenvalue weighted by atomic mass is 10.1. The highest BCUT2D eigenvalue weighted by molar-refractivity contribution is 7.90. The van der Waals surface area contributed by atoms with Crippen LogP contribution in [0.4, 0.5) is 4.39 Å². The van der Waals surface area contributed by atoms with Crippen molar-refractivity contribution < 1.29 is 12.8 Å². The number of rotatable bonds is 7. The second kappa shape index (κ2) is 9.33. The highest BCUT2D eigenvalue weighted by Crippen LogP contribution is 2.11. The normalized spacial score (nSPS) is 12.0. The summed E-state index contributed by atoms with van der Waals surface area (Å²) >= 11 is 0. The fraction of sp³-hybridized carbons (Fsp3) is 0.316. The maximum absolute atomic E-state index is 12.9. The van der Waals surface area contributed by atoms with Gasteiger partial charge >= 0.3 is 0 Å². The minimum absolute atomic E-state index is 0.237. The second-order valence-electron chi connectivity index (χ2n) is 5.91. The van der Waals surface area contributed by atoms with E-state index in [4.69, 9.17) is 0 Å². The molecule has 0 spiro atoms. The molecule has 140 valence electrons. The summed E-state index contributed by atoms with van der Waals surface area (Å²) in [7, 11) is -3.18. The van der Waals surface area contributed by atoms with Crippen molar-refractivity contribution in [2.24, 2.45) is 4.99 Å². The second-order valence-corrected chi connectivity index (χ2v) is 7.93. The molecule has 26 heavy (non-hydrogen) atoms. The van der Waals surface area contributed by atoms with Gasteiger partial charge in [0.15, 0.2) is 15.8 Å². The first-order valence-corrected chi connectivity index (χ1v) is 10.3. The Morgan fingerprint density at radius 1 is 1.00 bits per heavy atom. The lowest BCUT2D eigenvalue weighted by molar-refractivity contribution is 0.602. The molecule has 0 amide bonds. The summed E-state index contributed by atoms with van der Waals surface area (Å²) in [5, 5.41) is 6.41. The number of guanidine groups is 1. The van der Waals surface area contributed by atoms with Crippen LogP contribution in [0.5, 0.6) is 0 Å². The Hall–Kier alpha value is -2.41. The summed E-state index contributed by atoms with van der Waals surface area (Å²) in [5.41, 5.74) is 1.97. The zero-order valence-corrected chi connectivity index (χ0v) is 15.8. The largest absolute Gasteiger partial charge is 0.357 e. The van der Waals surface area contributed by atoms with Crippen LogP contribution in [0, 0.1) is 5.82 Å². The number of halogens is 1. The van der Waals surface area contributed by atoms with Crippen molar-refractivity contribution in [2.75, 3.05) is 19.3 Å². The van der Waals surface area contributed by atoms with Gasteiger partial charge in [-0.2, -0.15) is 0 Å². The zero-order chi connectivity index (χ0) is 19.0. The molecule has 0 atom stereocenters. The van der Waals surface area contributed by atoms with Crippen molar-refractivity contribution in [3.05, 3.63) is 65.5 Å². The molecule has 0 fully saturated rings. The molecule has 2 aromatic carbocycles. The van der Waals surface area contributed by atoms with Gasteiger partial charge in [-0.05, 0) is 48.7 Å². The van der Waals surface area contributed by atoms with E-state index < -0.39 is 9.84 Å². The number of benzene rings is 2. The summed E-state index contributed by atoms with van der Waals surface area (Å²) in [4.78, 5) is 4.81. The molecule has 2 aromatic rings. The Morgan fingerprint density at radius 3 is 2.19 bits per heavy atom. The van der Waals surface area contributed by atoms with Crippen LogP contribution in [0.1, 0.15) is 18.1 Å². The quantitative estimate of drug-likeness (QED) is 0.575. The Labute approximate surface area is 154 Å². The van der Waals surface area contributed by atoms with Crippen LogP contribution in [0.3, 0.4) is 0 Å². The first-order valence-electron chi connectivity index (χ1n) is 8.44. The van der Waals surface area contributed by atoms with Crippen molar-refractivity contribution in [3.8, 4) is 0 Å². The first-order chi connectivity index (χ1) is 12.4. The van der Waals surface area contributed by atoms with Gasteiger partial charge in [0, 0.05) is 19.3 Å². The summed E-state index contributed by atoms with van der Waals surface area (Å²) < 4.78 is 35.9. The van der Waals surface area contributed by atoms with E-state index >= 15 is 0 Å². The molecule has 0 aliphatic heterocycles. The lowest BCUT2D eigenvalue weighted by Crippen LogP contribution is -2.38. The maximum Gasteiger partial charge on any atom is 0.191 e. The molecule has 5 nitrogen and oxygen atoms in total. The minimum Gasteiger partial charge on any atom is -0.357 e. The smallest absolute Gasteiger partial charge is 0.191 e. The molecule has 0 saturated carbocycles. The molecular weight excluding hydrogens is 353 g/mol. The van der Waals surface area contributed by atoms with Gasteiger partial charge < -0.3 is 10.6 Å². The number of nitrogens with one attached hydrogen (secondary N) is 2. The molecule has 2 rings (SSSR count). The van der Waals surface area contributed by atoms with E-state index in [0.717, 1.165) is 24.1 Å². The van der Waals surface area contributed by atoms with Crippen molar-refractivity contribution >= 4 is 15.8 Å². The van der Waals surface area contributed by atoms with Crippen LogP contribution in [0.15, 0.2) is 58.4 Å². The van der Waals surface area contributed by atoms with E-state index in [1.165, 1.54) is 18.4 Å². The van der Waals surface area contributed by atoms with Crippen LogP contribution in [0.25, 0.3) is 0 Å². The van der Waals surface area contributed by atoms with Gasteiger partial charge in [-0.3, -0.25) is 0 Å². The fourth-order valence-corrected chi connectivity index (χ4v) is 2.96. The molecule has 0 aliphatic rings. The zero-order valence-electron chi connectivity index (χ0n) is 15.0. The standard InChI is InChI=1S/C19H24FN3O2S/c1-3-21-19(22-13-12-15-4-8-17(20)9-5-15)23-14-16-6-10-18(11-7-16)26(2,24)25/h4-11H,3,12-14H2,1-2H3,(H2,21,22,23). The third-order valence-corrected chi connectivity index (χ3v) is 4.86. The van der Waals surface area contributed by atoms with Gasteiger partial charge in [-0.25, -0.2) is 17.8 Å². The molecule has 7 heteroatoms. The number of sulfone groups is 1. The third-order valence-electron chi connectivity index (χ3n) is 3.73. The van der Waals surface area contributed by atoms with Gasteiger partial charge in [0.25, 0.3) is 0 Å². The highest BCUT2D eigenvalue weighted by Gasteiger charge is 2.06. The van der Waals surface area contributed by atoms with Gasteiger partial charge in [0.1, 0.15) is 5.82 Å². The fourth-order valence-electron chi connectivity index (χ4n) is 2.33. The van der Waals surface area contributed by atoms with Crippen LogP contribution < -0.4 is 10.6 Å². The maximum atomic E-state index is 12.9. The molecular formula is C19H24FN3O2S. The first kappa shape index (κ1) is 19.9. The Bertz CT molecular complexity index is 832. The van der Waals surface area contributed by atoms with E-state index in [1.807, 2.05) is 6.92 Å². The molecule has 0 saturated heterocycles. The van der Waals surface area contributed by atoms with E-state index in [9.17, 15) is 12.8 Å². The summed E-state index contributed by atoms with van der Waals surface area (Å²) in [6.45, 7) is 3.83. The van der Waals surface area contributed by atoms with Gasteiger partial charge in [0.05, 0.1) is 11.4 Å². The minimum atomic E-state index is -3.18. The van der Waals surface area contributed by atoms with Crippen LogP contribution in [-0.2, 0) is 22.8 Å². The van der Waals surface area contributed by atoms with Crippen molar-refractivity contribution in [3.63, 3.8) is 0 Å². The molecule has 0 unspecified atom stereocenters. The van der Waals surface area contributed by atoms with Gasteiger partial charge in [-0.15, -0.1) is 0 Å². The average molecular weight is 377 g/mol. The summed E-state index contributed by atoms with van der Waals surface area (Å²) in [6.07, 6.45) is 1.95. The van der Waals surface area contributed by atoms with Crippen molar-refractivity contribution in [2.45, 2.75) is 24.8 Å². The van der Waals surface area contributed by atoms with Crippen LogP contribution >= 0.6 is 0 Å². The molecule has 0 bridgehead atoms. The predicted octanol–water partition coefficient (Wildman–Crippen LogP) is 2.53. The summed E-state index contributed by atoms with van der Waals surface area (Å²) in [6, 6.07) is 13.2. The summed E-state index contributed by atoms with van der Waals surface area (Å²) in [5.74, 6) is 0.445. The Balaban J connectivity index is 1.92. The molecule has 0 aliphatic carbocycles. The van der Waals surface area contributed by atoms with Crippen LogP contribution in [-0.4, -0.2) is 33.7 Å². The number of nitrogens with zero attached hydrogens (tertiary/aromatic N) is 1. The predicted molar refractivity (Wildman–Crippen MR) is 102 cm³/mol. The Kier molecular flexibility index (Phi) is 7.15. The topological polar surface area (TPSA) is 70.6 Å². The van der Waals surface area contributed by atoms with Crippen molar-refractivity contribution in [1.29, 1.82) is 0 Å². The number of aliphatic imine (C=N–C) groups is 1. The lowest BCUT2D eigenvalue weighted by Gasteiger charge is -2.11. The van der Waals surface area contributed by atoms with Crippen LogP contribution in [0.2, 0.25) is 0 Å². The molecule has 2 N–H and O–H groups in total. The molecule has 0 aromatic heterocycles.